The van der Waals surface area contributed by atoms with Crippen LogP contribution in [0.2, 0.25) is 10.0 Å². The SMILES string of the molecule is CNC(c1ccc(Cl)cc1Cl)c1occc1Br. The Hall–Kier alpha value is -0.480. The van der Waals surface area contributed by atoms with Gasteiger partial charge in [-0.05, 0) is 46.7 Å². The van der Waals surface area contributed by atoms with E-state index >= 15 is 0 Å². The van der Waals surface area contributed by atoms with Crippen LogP contribution in [-0.2, 0) is 0 Å². The molecule has 1 unspecified atom stereocenters. The molecule has 0 spiro atoms. The molecular formula is C12H10BrCl2NO. The number of rotatable bonds is 3. The fourth-order valence-corrected chi connectivity index (χ4v) is 2.62. The lowest BCUT2D eigenvalue weighted by molar-refractivity contribution is 0.461. The molecule has 0 saturated heterocycles. The van der Waals surface area contributed by atoms with E-state index in [1.807, 2.05) is 25.2 Å². The summed E-state index contributed by atoms with van der Waals surface area (Å²) in [6.45, 7) is 0. The highest BCUT2D eigenvalue weighted by Crippen LogP contribution is 2.34. The lowest BCUT2D eigenvalue weighted by Crippen LogP contribution is -2.17. The molecule has 0 bridgehead atoms. The van der Waals surface area contributed by atoms with Crippen molar-refractivity contribution in [3.8, 4) is 0 Å². The number of hydrogen-bond donors (Lipinski definition) is 1. The summed E-state index contributed by atoms with van der Waals surface area (Å²) in [5.74, 6) is 0.789. The van der Waals surface area contributed by atoms with Crippen molar-refractivity contribution in [3.05, 3.63) is 56.4 Å². The van der Waals surface area contributed by atoms with Crippen molar-refractivity contribution >= 4 is 39.1 Å². The van der Waals surface area contributed by atoms with E-state index in [2.05, 4.69) is 21.2 Å². The average molecular weight is 335 g/mol. The molecule has 0 aliphatic carbocycles. The fraction of sp³-hybridized carbons (Fsp3) is 0.167. The molecular weight excluding hydrogens is 325 g/mol. The van der Waals surface area contributed by atoms with E-state index in [1.165, 1.54) is 0 Å². The Labute approximate surface area is 118 Å². The zero-order valence-electron chi connectivity index (χ0n) is 9.01. The molecule has 5 heteroatoms. The van der Waals surface area contributed by atoms with Gasteiger partial charge in [0.05, 0.1) is 16.8 Å². The highest BCUT2D eigenvalue weighted by atomic mass is 79.9. The molecule has 0 amide bonds. The minimum absolute atomic E-state index is 0.107. The van der Waals surface area contributed by atoms with Gasteiger partial charge in [0.2, 0.25) is 0 Å². The molecule has 2 aromatic rings. The third-order valence-electron chi connectivity index (χ3n) is 2.47. The van der Waals surface area contributed by atoms with Crippen molar-refractivity contribution in [2.45, 2.75) is 6.04 Å². The molecule has 0 radical (unpaired) electrons. The van der Waals surface area contributed by atoms with Gasteiger partial charge in [-0.1, -0.05) is 29.3 Å². The Bertz CT molecular complexity index is 527. The van der Waals surface area contributed by atoms with E-state index in [0.717, 1.165) is 15.8 Å². The van der Waals surface area contributed by atoms with Gasteiger partial charge in [-0.2, -0.15) is 0 Å². The standard InChI is InChI=1S/C12H10BrCl2NO/c1-16-11(12-9(13)4-5-17-12)8-3-2-7(14)6-10(8)15/h2-6,11,16H,1H3. The topological polar surface area (TPSA) is 25.2 Å². The molecule has 1 heterocycles. The van der Waals surface area contributed by atoms with Crippen LogP contribution in [-0.4, -0.2) is 7.05 Å². The average Bonchev–Trinajstić information content (AvgIpc) is 2.69. The first-order chi connectivity index (χ1) is 8.13. The lowest BCUT2D eigenvalue weighted by Gasteiger charge is -2.16. The maximum absolute atomic E-state index is 6.19. The summed E-state index contributed by atoms with van der Waals surface area (Å²) < 4.78 is 6.36. The van der Waals surface area contributed by atoms with Gasteiger partial charge in [0.15, 0.2) is 0 Å². The third kappa shape index (κ3) is 2.68. The van der Waals surface area contributed by atoms with Crippen molar-refractivity contribution < 1.29 is 4.42 Å². The molecule has 0 aliphatic rings. The number of benzene rings is 1. The molecule has 0 aliphatic heterocycles. The molecule has 90 valence electrons. The minimum atomic E-state index is -0.107. The van der Waals surface area contributed by atoms with E-state index in [9.17, 15) is 0 Å². The van der Waals surface area contributed by atoms with Crippen LogP contribution in [0.4, 0.5) is 0 Å². The number of furan rings is 1. The molecule has 2 nitrogen and oxygen atoms in total. The Morgan fingerprint density at radius 2 is 2.06 bits per heavy atom. The first-order valence-electron chi connectivity index (χ1n) is 4.98. The summed E-state index contributed by atoms with van der Waals surface area (Å²) in [4.78, 5) is 0. The zero-order valence-corrected chi connectivity index (χ0v) is 12.1. The van der Waals surface area contributed by atoms with Gasteiger partial charge in [0.25, 0.3) is 0 Å². The van der Waals surface area contributed by atoms with E-state index in [0.29, 0.717) is 10.0 Å². The van der Waals surface area contributed by atoms with Crippen LogP contribution < -0.4 is 5.32 Å². The van der Waals surface area contributed by atoms with E-state index in [1.54, 1.807) is 12.3 Å². The van der Waals surface area contributed by atoms with Crippen LogP contribution >= 0.6 is 39.1 Å². The van der Waals surface area contributed by atoms with Crippen LogP contribution in [0.15, 0.2) is 39.4 Å². The highest BCUT2D eigenvalue weighted by Gasteiger charge is 2.20. The van der Waals surface area contributed by atoms with E-state index in [-0.39, 0.29) is 6.04 Å². The number of halogens is 3. The second-order valence-corrected chi connectivity index (χ2v) is 5.22. The molecule has 0 fully saturated rings. The predicted octanol–water partition coefficient (Wildman–Crippen LogP) is 4.66. The fourth-order valence-electron chi connectivity index (χ4n) is 1.67. The highest BCUT2D eigenvalue weighted by molar-refractivity contribution is 9.10. The lowest BCUT2D eigenvalue weighted by atomic mass is 10.0. The van der Waals surface area contributed by atoms with Gasteiger partial charge in [-0.3, -0.25) is 0 Å². The van der Waals surface area contributed by atoms with Crippen molar-refractivity contribution in [3.63, 3.8) is 0 Å². The number of nitrogens with one attached hydrogen (secondary N) is 1. The summed E-state index contributed by atoms with van der Waals surface area (Å²) in [7, 11) is 1.85. The van der Waals surface area contributed by atoms with Crippen LogP contribution in [0, 0.1) is 0 Å². The largest absolute Gasteiger partial charge is 0.466 e. The Kier molecular flexibility index (Phi) is 4.15. The molecule has 1 aromatic heterocycles. The van der Waals surface area contributed by atoms with Crippen LogP contribution in [0.3, 0.4) is 0 Å². The molecule has 17 heavy (non-hydrogen) atoms. The van der Waals surface area contributed by atoms with Crippen LogP contribution in [0.5, 0.6) is 0 Å². The van der Waals surface area contributed by atoms with Crippen LogP contribution in [0.1, 0.15) is 17.4 Å². The smallest absolute Gasteiger partial charge is 0.139 e. The quantitative estimate of drug-likeness (QED) is 0.883. The number of hydrogen-bond acceptors (Lipinski definition) is 2. The third-order valence-corrected chi connectivity index (χ3v) is 3.69. The van der Waals surface area contributed by atoms with Crippen molar-refractivity contribution in [1.29, 1.82) is 0 Å². The second kappa shape index (κ2) is 5.44. The monoisotopic (exact) mass is 333 g/mol. The Morgan fingerprint density at radius 3 is 2.59 bits per heavy atom. The van der Waals surface area contributed by atoms with E-state index < -0.39 is 0 Å². The summed E-state index contributed by atoms with van der Waals surface area (Å²) in [6.07, 6.45) is 1.63. The molecule has 1 atom stereocenters. The minimum Gasteiger partial charge on any atom is -0.466 e. The second-order valence-electron chi connectivity index (χ2n) is 3.52. The normalized spacial score (nSPS) is 12.7. The van der Waals surface area contributed by atoms with Crippen molar-refractivity contribution in [2.75, 3.05) is 7.05 Å². The predicted molar refractivity (Wildman–Crippen MR) is 73.8 cm³/mol. The maximum Gasteiger partial charge on any atom is 0.139 e. The first-order valence-corrected chi connectivity index (χ1v) is 6.53. The Morgan fingerprint density at radius 1 is 1.29 bits per heavy atom. The van der Waals surface area contributed by atoms with Gasteiger partial charge in [0, 0.05) is 10.0 Å². The van der Waals surface area contributed by atoms with Gasteiger partial charge >= 0.3 is 0 Å². The van der Waals surface area contributed by atoms with Crippen molar-refractivity contribution in [2.24, 2.45) is 0 Å². The van der Waals surface area contributed by atoms with Gasteiger partial charge in [-0.25, -0.2) is 0 Å². The molecule has 1 aromatic carbocycles. The first kappa shape index (κ1) is 13.0. The maximum atomic E-state index is 6.19. The van der Waals surface area contributed by atoms with Gasteiger partial charge < -0.3 is 9.73 Å². The summed E-state index contributed by atoms with van der Waals surface area (Å²) in [5.41, 5.74) is 0.925. The summed E-state index contributed by atoms with van der Waals surface area (Å²) in [6, 6.07) is 7.16. The van der Waals surface area contributed by atoms with E-state index in [4.69, 9.17) is 27.6 Å². The zero-order chi connectivity index (χ0) is 12.4. The summed E-state index contributed by atoms with van der Waals surface area (Å²) in [5, 5.41) is 4.40. The van der Waals surface area contributed by atoms with Crippen LogP contribution in [0.25, 0.3) is 0 Å². The molecule has 0 saturated carbocycles. The Balaban J connectivity index is 2.46. The summed E-state index contributed by atoms with van der Waals surface area (Å²) >= 11 is 15.5. The van der Waals surface area contributed by atoms with Gasteiger partial charge in [0.1, 0.15) is 5.76 Å². The van der Waals surface area contributed by atoms with Crippen molar-refractivity contribution in [1.82, 2.24) is 5.32 Å². The molecule has 2 rings (SSSR count). The van der Waals surface area contributed by atoms with Gasteiger partial charge in [-0.15, -0.1) is 0 Å². The molecule has 1 N–H and O–H groups in total.